The molecule has 0 fully saturated rings. The first-order chi connectivity index (χ1) is 15.5. The van der Waals surface area contributed by atoms with E-state index in [1.807, 2.05) is 0 Å². The molecule has 0 saturated heterocycles. The highest BCUT2D eigenvalue weighted by Crippen LogP contribution is 2.21. The van der Waals surface area contributed by atoms with Crippen LogP contribution in [0.3, 0.4) is 0 Å². The second-order valence-electron chi connectivity index (χ2n) is 9.73. The minimum atomic E-state index is -0.178. The Morgan fingerprint density at radius 3 is 1.53 bits per heavy atom. The largest absolute Gasteiger partial charge is 0.462 e. The lowest BCUT2D eigenvalue weighted by Crippen LogP contribution is -2.24. The predicted octanol–water partition coefficient (Wildman–Crippen LogP) is 8.41. The molecule has 1 atom stereocenters. The van der Waals surface area contributed by atoms with Crippen LogP contribution in [-0.2, 0) is 19.1 Å². The van der Waals surface area contributed by atoms with E-state index in [2.05, 4.69) is 27.7 Å². The maximum absolute atomic E-state index is 12.5. The Morgan fingerprint density at radius 1 is 0.594 bits per heavy atom. The second kappa shape index (κ2) is 23.1. The van der Waals surface area contributed by atoms with Gasteiger partial charge in [0.05, 0.1) is 5.92 Å². The molecule has 0 rings (SSSR count). The second-order valence-corrected chi connectivity index (χ2v) is 9.73. The molecule has 0 aromatic heterocycles. The summed E-state index contributed by atoms with van der Waals surface area (Å²) < 4.78 is 10.6. The van der Waals surface area contributed by atoms with Crippen molar-refractivity contribution in [2.24, 2.45) is 11.8 Å². The van der Waals surface area contributed by atoms with Crippen molar-refractivity contribution in [2.75, 3.05) is 13.2 Å². The van der Waals surface area contributed by atoms with Gasteiger partial charge < -0.3 is 9.47 Å². The van der Waals surface area contributed by atoms with E-state index in [0.717, 1.165) is 25.7 Å². The van der Waals surface area contributed by atoms with E-state index in [1.165, 1.54) is 83.5 Å². The number of unbranched alkanes of at least 4 members (excludes halogenated alkanes) is 14. The average Bonchev–Trinajstić information content (AvgIpc) is 2.77. The molecule has 4 heteroatoms. The van der Waals surface area contributed by atoms with Gasteiger partial charge in [0, 0.05) is 6.42 Å². The number of carbonyl (C=O) groups is 2. The zero-order valence-corrected chi connectivity index (χ0v) is 21.9. The van der Waals surface area contributed by atoms with E-state index in [4.69, 9.17) is 9.47 Å². The molecule has 4 nitrogen and oxygen atoms in total. The van der Waals surface area contributed by atoms with Gasteiger partial charge in [-0.25, -0.2) is 0 Å². The third kappa shape index (κ3) is 19.6. The van der Waals surface area contributed by atoms with Crippen LogP contribution in [0.15, 0.2) is 0 Å². The van der Waals surface area contributed by atoms with Gasteiger partial charge in [-0.2, -0.15) is 0 Å². The molecule has 0 radical (unpaired) electrons. The third-order valence-electron chi connectivity index (χ3n) is 6.30. The molecule has 0 aromatic rings. The van der Waals surface area contributed by atoms with Crippen LogP contribution in [0, 0.1) is 11.8 Å². The summed E-state index contributed by atoms with van der Waals surface area (Å²) in [5.74, 6) is -0.0931. The van der Waals surface area contributed by atoms with Crippen molar-refractivity contribution >= 4 is 11.9 Å². The van der Waals surface area contributed by atoms with Gasteiger partial charge in [0.15, 0.2) is 0 Å². The molecular weight excluding hydrogens is 400 g/mol. The topological polar surface area (TPSA) is 52.6 Å². The van der Waals surface area contributed by atoms with Gasteiger partial charge in [-0.1, -0.05) is 124 Å². The van der Waals surface area contributed by atoms with Crippen molar-refractivity contribution < 1.29 is 19.1 Å². The fraction of sp³-hybridized carbons (Fsp3) is 0.929. The smallest absolute Gasteiger partial charge is 0.309 e. The Balaban J connectivity index is 3.76. The normalized spacial score (nSPS) is 12.2. The monoisotopic (exact) mass is 454 g/mol. The molecule has 1 unspecified atom stereocenters. The van der Waals surface area contributed by atoms with E-state index in [-0.39, 0.29) is 37.0 Å². The Labute approximate surface area is 199 Å². The number of hydrogen-bond acceptors (Lipinski definition) is 4. The summed E-state index contributed by atoms with van der Waals surface area (Å²) in [5, 5.41) is 0. The Kier molecular flexibility index (Phi) is 22.3. The molecule has 0 bridgehead atoms. The van der Waals surface area contributed by atoms with Gasteiger partial charge in [-0.05, 0) is 18.8 Å². The van der Waals surface area contributed by atoms with Crippen molar-refractivity contribution in [3.63, 3.8) is 0 Å². The first-order valence-corrected chi connectivity index (χ1v) is 13.8. The Bertz CT molecular complexity index is 433. The van der Waals surface area contributed by atoms with Crippen LogP contribution in [0.4, 0.5) is 0 Å². The van der Waals surface area contributed by atoms with Gasteiger partial charge in [-0.3, -0.25) is 9.59 Å². The van der Waals surface area contributed by atoms with Crippen LogP contribution >= 0.6 is 0 Å². The SMILES string of the molecule is CCCCCCCCCCCCC(C(=O)OCCOC(=O)CCCCCCCC)C(C)C. The van der Waals surface area contributed by atoms with Crippen LogP contribution in [0.25, 0.3) is 0 Å². The summed E-state index contributed by atoms with van der Waals surface area (Å²) in [6.07, 6.45) is 21.3. The van der Waals surface area contributed by atoms with Gasteiger partial charge >= 0.3 is 11.9 Å². The molecule has 0 amide bonds. The summed E-state index contributed by atoms with van der Waals surface area (Å²) in [5.41, 5.74) is 0. The lowest BCUT2D eigenvalue weighted by Gasteiger charge is -2.19. The standard InChI is InChI=1S/C28H54O4/c1-5-7-9-11-13-14-15-16-17-19-21-26(25(3)4)28(30)32-24-23-31-27(29)22-20-18-12-10-8-6-2/h25-26H,5-24H2,1-4H3. The van der Waals surface area contributed by atoms with E-state index in [9.17, 15) is 9.59 Å². The van der Waals surface area contributed by atoms with E-state index < -0.39 is 0 Å². The number of carbonyl (C=O) groups excluding carboxylic acids is 2. The van der Waals surface area contributed by atoms with Gasteiger partial charge in [0.2, 0.25) is 0 Å². The zero-order chi connectivity index (χ0) is 23.9. The summed E-state index contributed by atoms with van der Waals surface area (Å²) in [7, 11) is 0. The van der Waals surface area contributed by atoms with Crippen LogP contribution in [-0.4, -0.2) is 25.2 Å². The first-order valence-electron chi connectivity index (χ1n) is 13.8. The molecule has 190 valence electrons. The van der Waals surface area contributed by atoms with Crippen LogP contribution < -0.4 is 0 Å². The minimum absolute atomic E-state index is 0.0529. The highest BCUT2D eigenvalue weighted by molar-refractivity contribution is 5.72. The molecule has 0 aliphatic heterocycles. The first kappa shape index (κ1) is 30.9. The fourth-order valence-electron chi connectivity index (χ4n) is 4.10. The van der Waals surface area contributed by atoms with Crippen molar-refractivity contribution in [2.45, 2.75) is 143 Å². The fourth-order valence-corrected chi connectivity index (χ4v) is 4.10. The minimum Gasteiger partial charge on any atom is -0.462 e. The van der Waals surface area contributed by atoms with Gasteiger partial charge in [-0.15, -0.1) is 0 Å². The zero-order valence-electron chi connectivity index (χ0n) is 21.9. The summed E-state index contributed by atoms with van der Waals surface area (Å²) in [4.78, 5) is 24.2. The number of rotatable bonds is 23. The predicted molar refractivity (Wildman–Crippen MR) is 135 cm³/mol. The van der Waals surface area contributed by atoms with Crippen molar-refractivity contribution in [3.8, 4) is 0 Å². The van der Waals surface area contributed by atoms with E-state index in [1.54, 1.807) is 0 Å². The van der Waals surface area contributed by atoms with Crippen LogP contribution in [0.5, 0.6) is 0 Å². The molecule has 0 aliphatic rings. The molecule has 32 heavy (non-hydrogen) atoms. The average molecular weight is 455 g/mol. The highest BCUT2D eigenvalue weighted by Gasteiger charge is 2.23. The molecular formula is C28H54O4. The van der Waals surface area contributed by atoms with Crippen molar-refractivity contribution in [1.82, 2.24) is 0 Å². The van der Waals surface area contributed by atoms with Crippen LogP contribution in [0.2, 0.25) is 0 Å². The molecule has 0 spiro atoms. The van der Waals surface area contributed by atoms with E-state index in [0.29, 0.717) is 6.42 Å². The Morgan fingerprint density at radius 2 is 1.03 bits per heavy atom. The number of hydrogen-bond donors (Lipinski definition) is 0. The molecule has 0 aliphatic carbocycles. The Hall–Kier alpha value is -1.06. The van der Waals surface area contributed by atoms with Gasteiger partial charge in [0.1, 0.15) is 13.2 Å². The van der Waals surface area contributed by atoms with Crippen LogP contribution in [0.1, 0.15) is 143 Å². The number of ether oxygens (including phenoxy) is 2. The summed E-state index contributed by atoms with van der Waals surface area (Å²) >= 11 is 0. The molecule has 0 N–H and O–H groups in total. The molecule has 0 heterocycles. The lowest BCUT2D eigenvalue weighted by atomic mass is 9.90. The quantitative estimate of drug-likeness (QED) is 0.115. The maximum atomic E-state index is 12.5. The summed E-state index contributed by atoms with van der Waals surface area (Å²) in [6, 6.07) is 0. The highest BCUT2D eigenvalue weighted by atomic mass is 16.6. The van der Waals surface area contributed by atoms with Gasteiger partial charge in [0.25, 0.3) is 0 Å². The third-order valence-corrected chi connectivity index (χ3v) is 6.30. The maximum Gasteiger partial charge on any atom is 0.309 e. The van der Waals surface area contributed by atoms with Crippen molar-refractivity contribution in [1.29, 1.82) is 0 Å². The van der Waals surface area contributed by atoms with E-state index >= 15 is 0 Å². The molecule has 0 aromatic carbocycles. The van der Waals surface area contributed by atoms with Crippen molar-refractivity contribution in [3.05, 3.63) is 0 Å². The molecule has 0 saturated carbocycles. The lowest BCUT2D eigenvalue weighted by molar-refractivity contribution is -0.156. The number of esters is 2. The summed E-state index contributed by atoms with van der Waals surface area (Å²) in [6.45, 7) is 8.97.